The van der Waals surface area contributed by atoms with Gasteiger partial charge in [0.15, 0.2) is 0 Å². The van der Waals surface area contributed by atoms with Gasteiger partial charge in [-0.15, -0.1) is 0 Å². The van der Waals surface area contributed by atoms with Crippen LogP contribution in [0.3, 0.4) is 0 Å². The zero-order chi connectivity index (χ0) is 11.4. The lowest BCUT2D eigenvalue weighted by Gasteiger charge is -2.17. The fourth-order valence-electron chi connectivity index (χ4n) is 2.18. The molecular formula is C12H20N2OS. The van der Waals surface area contributed by atoms with Crippen LogP contribution in [0.4, 0.5) is 0 Å². The lowest BCUT2D eigenvalue weighted by molar-refractivity contribution is 0.117. The molecule has 2 unspecified atom stereocenters. The van der Waals surface area contributed by atoms with Crippen LogP contribution in [0.25, 0.3) is 0 Å². The molecule has 1 fully saturated rings. The molecule has 1 saturated heterocycles. The van der Waals surface area contributed by atoms with E-state index >= 15 is 0 Å². The molecule has 1 aliphatic rings. The lowest BCUT2D eigenvalue weighted by Crippen LogP contribution is -2.24. The summed E-state index contributed by atoms with van der Waals surface area (Å²) in [7, 11) is 0. The summed E-state index contributed by atoms with van der Waals surface area (Å²) in [5.74, 6) is 3.81. The topological polar surface area (TPSA) is 38.0 Å². The van der Waals surface area contributed by atoms with Gasteiger partial charge in [0.2, 0.25) is 0 Å². The standard InChI is InChI=1S/C12H20N2OS/c1-2-5-14-6-4-13-12(14)8-11(15)10-3-7-16-9-10/h4,6,10-11,15H,2-3,5,7-9H2,1H3. The molecule has 0 bridgehead atoms. The van der Waals surface area contributed by atoms with E-state index in [1.807, 2.05) is 24.2 Å². The third-order valence-electron chi connectivity index (χ3n) is 3.17. The van der Waals surface area contributed by atoms with Crippen molar-refractivity contribution < 1.29 is 5.11 Å². The first kappa shape index (κ1) is 12.0. The highest BCUT2D eigenvalue weighted by Gasteiger charge is 2.24. The Labute approximate surface area is 101 Å². The van der Waals surface area contributed by atoms with Gasteiger partial charge in [-0.2, -0.15) is 11.8 Å². The van der Waals surface area contributed by atoms with Crippen molar-refractivity contribution in [2.24, 2.45) is 5.92 Å². The molecule has 2 atom stereocenters. The minimum Gasteiger partial charge on any atom is -0.392 e. The average molecular weight is 240 g/mol. The number of aromatic nitrogens is 2. The van der Waals surface area contributed by atoms with Gasteiger partial charge in [-0.3, -0.25) is 0 Å². The molecule has 3 nitrogen and oxygen atoms in total. The summed E-state index contributed by atoms with van der Waals surface area (Å²) in [6, 6.07) is 0. The predicted molar refractivity (Wildman–Crippen MR) is 67.7 cm³/mol. The van der Waals surface area contributed by atoms with E-state index in [0.29, 0.717) is 12.3 Å². The van der Waals surface area contributed by atoms with Crippen molar-refractivity contribution in [2.45, 2.75) is 38.8 Å². The lowest BCUT2D eigenvalue weighted by atomic mass is 9.99. The van der Waals surface area contributed by atoms with E-state index in [9.17, 15) is 5.11 Å². The summed E-state index contributed by atoms with van der Waals surface area (Å²) in [4.78, 5) is 4.34. The molecule has 2 heterocycles. The van der Waals surface area contributed by atoms with E-state index < -0.39 is 0 Å². The number of aliphatic hydroxyl groups is 1. The molecule has 1 aliphatic heterocycles. The minimum absolute atomic E-state index is 0.215. The van der Waals surface area contributed by atoms with Gasteiger partial charge in [0, 0.05) is 25.4 Å². The Morgan fingerprint density at radius 2 is 2.56 bits per heavy atom. The van der Waals surface area contributed by atoms with Crippen LogP contribution in [0.1, 0.15) is 25.6 Å². The summed E-state index contributed by atoms with van der Waals surface area (Å²) >= 11 is 1.95. The van der Waals surface area contributed by atoms with Crippen molar-refractivity contribution in [3.05, 3.63) is 18.2 Å². The molecule has 0 spiro atoms. The van der Waals surface area contributed by atoms with Gasteiger partial charge in [-0.05, 0) is 30.3 Å². The molecule has 0 amide bonds. The van der Waals surface area contributed by atoms with E-state index in [0.717, 1.165) is 31.0 Å². The summed E-state index contributed by atoms with van der Waals surface area (Å²) in [5.41, 5.74) is 0. The Morgan fingerprint density at radius 3 is 3.25 bits per heavy atom. The van der Waals surface area contributed by atoms with Crippen molar-refractivity contribution in [3.8, 4) is 0 Å². The molecule has 1 aromatic heterocycles. The number of nitrogens with zero attached hydrogens (tertiary/aromatic N) is 2. The number of hydrogen-bond acceptors (Lipinski definition) is 3. The van der Waals surface area contributed by atoms with E-state index in [1.54, 1.807) is 0 Å². The summed E-state index contributed by atoms with van der Waals surface area (Å²) in [5, 5.41) is 10.1. The first-order valence-corrected chi connectivity index (χ1v) is 7.22. The third kappa shape index (κ3) is 2.80. The Hall–Kier alpha value is -0.480. The van der Waals surface area contributed by atoms with E-state index in [-0.39, 0.29) is 6.10 Å². The van der Waals surface area contributed by atoms with Crippen LogP contribution in [-0.4, -0.2) is 32.3 Å². The molecule has 0 aliphatic carbocycles. The number of aliphatic hydroxyl groups excluding tert-OH is 1. The highest BCUT2D eigenvalue weighted by molar-refractivity contribution is 7.99. The molecule has 90 valence electrons. The number of imidazole rings is 1. The smallest absolute Gasteiger partial charge is 0.111 e. The zero-order valence-corrected chi connectivity index (χ0v) is 10.6. The first-order chi connectivity index (χ1) is 7.81. The molecule has 16 heavy (non-hydrogen) atoms. The third-order valence-corrected chi connectivity index (χ3v) is 4.36. The molecule has 0 saturated carbocycles. The summed E-state index contributed by atoms with van der Waals surface area (Å²) in [6.07, 6.45) is 6.60. The minimum atomic E-state index is -0.215. The van der Waals surface area contributed by atoms with Crippen LogP contribution >= 0.6 is 11.8 Å². The van der Waals surface area contributed by atoms with Crippen LogP contribution in [-0.2, 0) is 13.0 Å². The van der Waals surface area contributed by atoms with E-state index in [1.165, 1.54) is 5.75 Å². The van der Waals surface area contributed by atoms with Crippen molar-refractivity contribution in [3.63, 3.8) is 0 Å². The Balaban J connectivity index is 1.94. The number of thioether (sulfide) groups is 1. The van der Waals surface area contributed by atoms with Crippen LogP contribution in [0, 0.1) is 5.92 Å². The van der Waals surface area contributed by atoms with Crippen molar-refractivity contribution >= 4 is 11.8 Å². The van der Waals surface area contributed by atoms with Gasteiger partial charge >= 0.3 is 0 Å². The summed E-state index contributed by atoms with van der Waals surface area (Å²) in [6.45, 7) is 3.16. The second-order valence-corrected chi connectivity index (χ2v) is 5.58. The van der Waals surface area contributed by atoms with E-state index in [2.05, 4.69) is 16.5 Å². The van der Waals surface area contributed by atoms with Gasteiger partial charge in [-0.25, -0.2) is 4.98 Å². The molecule has 2 rings (SSSR count). The number of hydrogen-bond donors (Lipinski definition) is 1. The zero-order valence-electron chi connectivity index (χ0n) is 9.80. The molecule has 4 heteroatoms. The van der Waals surface area contributed by atoms with Gasteiger partial charge in [0.25, 0.3) is 0 Å². The van der Waals surface area contributed by atoms with Crippen molar-refractivity contribution in [1.29, 1.82) is 0 Å². The van der Waals surface area contributed by atoms with Crippen LogP contribution in [0.5, 0.6) is 0 Å². The Bertz CT molecular complexity index is 321. The number of aryl methyl sites for hydroxylation is 1. The highest BCUT2D eigenvalue weighted by atomic mass is 32.2. The predicted octanol–water partition coefficient (Wildman–Crippen LogP) is 1.95. The molecule has 1 aromatic rings. The maximum atomic E-state index is 10.1. The highest BCUT2D eigenvalue weighted by Crippen LogP contribution is 2.27. The monoisotopic (exact) mass is 240 g/mol. The molecule has 0 aromatic carbocycles. The van der Waals surface area contributed by atoms with Gasteiger partial charge < -0.3 is 9.67 Å². The van der Waals surface area contributed by atoms with E-state index in [4.69, 9.17) is 0 Å². The van der Waals surface area contributed by atoms with Crippen LogP contribution in [0.2, 0.25) is 0 Å². The molecule has 1 N–H and O–H groups in total. The summed E-state index contributed by atoms with van der Waals surface area (Å²) < 4.78 is 2.16. The fourth-order valence-corrected chi connectivity index (χ4v) is 3.51. The van der Waals surface area contributed by atoms with Crippen molar-refractivity contribution in [2.75, 3.05) is 11.5 Å². The maximum absolute atomic E-state index is 10.1. The van der Waals surface area contributed by atoms with Crippen molar-refractivity contribution in [1.82, 2.24) is 9.55 Å². The maximum Gasteiger partial charge on any atom is 0.111 e. The van der Waals surface area contributed by atoms with Gasteiger partial charge in [0.05, 0.1) is 6.10 Å². The molecule has 0 radical (unpaired) electrons. The SMILES string of the molecule is CCCn1ccnc1CC(O)C1CCSC1. The van der Waals surface area contributed by atoms with Crippen LogP contribution < -0.4 is 0 Å². The average Bonchev–Trinajstić information content (AvgIpc) is 2.90. The second-order valence-electron chi connectivity index (χ2n) is 4.43. The first-order valence-electron chi connectivity index (χ1n) is 6.07. The molecular weight excluding hydrogens is 220 g/mol. The normalized spacial score (nSPS) is 22.5. The van der Waals surface area contributed by atoms with Crippen LogP contribution in [0.15, 0.2) is 12.4 Å². The quantitative estimate of drug-likeness (QED) is 0.855. The Kier molecular flexibility index (Phi) is 4.29. The number of rotatable bonds is 5. The van der Waals surface area contributed by atoms with Gasteiger partial charge in [0.1, 0.15) is 5.82 Å². The fraction of sp³-hybridized carbons (Fsp3) is 0.750. The second kappa shape index (κ2) is 5.73. The van der Waals surface area contributed by atoms with Gasteiger partial charge in [-0.1, -0.05) is 6.92 Å². The Morgan fingerprint density at radius 1 is 1.69 bits per heavy atom. The largest absolute Gasteiger partial charge is 0.392 e.